The molecule has 0 saturated carbocycles. The Labute approximate surface area is 147 Å². The molecule has 0 radical (unpaired) electrons. The van der Waals surface area contributed by atoms with Crippen LogP contribution in [0.3, 0.4) is 0 Å². The summed E-state index contributed by atoms with van der Waals surface area (Å²) in [6, 6.07) is 14.4. The molecule has 1 amide bonds. The maximum absolute atomic E-state index is 12.5. The predicted molar refractivity (Wildman–Crippen MR) is 95.8 cm³/mol. The van der Waals surface area contributed by atoms with Crippen molar-refractivity contribution < 1.29 is 19.4 Å². The minimum absolute atomic E-state index is 0.0125. The highest BCUT2D eigenvalue weighted by Crippen LogP contribution is 2.15. The minimum atomic E-state index is -0.964. The standard InChI is InChI=1S/C20H23NO4/c1-3-21(14-15-8-11-17(25-2)12-9-15)19(22)13-10-16-6-4-5-7-18(16)20(23)24/h4-9,11-12H,3,10,13-14H2,1-2H3,(H,23,24). The lowest BCUT2D eigenvalue weighted by molar-refractivity contribution is -0.131. The maximum Gasteiger partial charge on any atom is 0.335 e. The highest BCUT2D eigenvalue weighted by Gasteiger charge is 2.15. The summed E-state index contributed by atoms with van der Waals surface area (Å²) >= 11 is 0. The summed E-state index contributed by atoms with van der Waals surface area (Å²) in [5, 5.41) is 9.22. The van der Waals surface area contributed by atoms with Gasteiger partial charge in [0.2, 0.25) is 5.91 Å². The highest BCUT2D eigenvalue weighted by molar-refractivity contribution is 5.89. The Hall–Kier alpha value is -2.82. The van der Waals surface area contributed by atoms with E-state index < -0.39 is 5.97 Å². The van der Waals surface area contributed by atoms with Gasteiger partial charge in [-0.3, -0.25) is 4.79 Å². The number of amides is 1. The largest absolute Gasteiger partial charge is 0.497 e. The van der Waals surface area contributed by atoms with Crippen LogP contribution in [-0.2, 0) is 17.8 Å². The number of aromatic carboxylic acids is 1. The van der Waals surface area contributed by atoms with Crippen LogP contribution in [0.1, 0.15) is 34.8 Å². The molecule has 1 N–H and O–H groups in total. The fourth-order valence-electron chi connectivity index (χ4n) is 2.67. The number of methoxy groups -OCH3 is 1. The number of nitrogens with zero attached hydrogens (tertiary/aromatic N) is 1. The molecule has 0 unspecified atom stereocenters. The first-order valence-corrected chi connectivity index (χ1v) is 8.27. The summed E-state index contributed by atoms with van der Waals surface area (Å²) in [4.78, 5) is 25.5. The monoisotopic (exact) mass is 341 g/mol. The lowest BCUT2D eigenvalue weighted by atomic mass is 10.0. The number of aryl methyl sites for hydroxylation is 1. The molecule has 0 aliphatic rings. The van der Waals surface area contributed by atoms with Gasteiger partial charge in [0.15, 0.2) is 0 Å². The van der Waals surface area contributed by atoms with Gasteiger partial charge in [-0.05, 0) is 42.7 Å². The third-order valence-corrected chi connectivity index (χ3v) is 4.12. The summed E-state index contributed by atoms with van der Waals surface area (Å²) in [6.45, 7) is 3.07. The van der Waals surface area contributed by atoms with Gasteiger partial charge in [-0.25, -0.2) is 4.79 Å². The Morgan fingerprint density at radius 1 is 1.08 bits per heavy atom. The number of ether oxygens (including phenoxy) is 1. The molecular formula is C20H23NO4. The van der Waals surface area contributed by atoms with E-state index in [0.717, 1.165) is 11.3 Å². The quantitative estimate of drug-likeness (QED) is 0.799. The Kier molecular flexibility index (Phi) is 6.57. The van der Waals surface area contributed by atoms with Gasteiger partial charge in [0, 0.05) is 19.5 Å². The SMILES string of the molecule is CCN(Cc1ccc(OC)cc1)C(=O)CCc1ccccc1C(=O)O. The van der Waals surface area contributed by atoms with Crippen molar-refractivity contribution >= 4 is 11.9 Å². The zero-order chi connectivity index (χ0) is 18.2. The van der Waals surface area contributed by atoms with Gasteiger partial charge in [0.25, 0.3) is 0 Å². The van der Waals surface area contributed by atoms with E-state index in [-0.39, 0.29) is 17.9 Å². The second-order valence-electron chi connectivity index (χ2n) is 5.72. The Balaban J connectivity index is 1.99. The molecule has 2 aromatic carbocycles. The molecule has 0 atom stereocenters. The van der Waals surface area contributed by atoms with Crippen molar-refractivity contribution in [2.75, 3.05) is 13.7 Å². The van der Waals surface area contributed by atoms with Crippen LogP contribution >= 0.6 is 0 Å². The van der Waals surface area contributed by atoms with Gasteiger partial charge in [-0.15, -0.1) is 0 Å². The van der Waals surface area contributed by atoms with Crippen LogP contribution in [0, 0.1) is 0 Å². The Morgan fingerprint density at radius 2 is 1.76 bits per heavy atom. The fourth-order valence-corrected chi connectivity index (χ4v) is 2.67. The predicted octanol–water partition coefficient (Wildman–Crippen LogP) is 3.37. The van der Waals surface area contributed by atoms with Gasteiger partial charge in [-0.2, -0.15) is 0 Å². The molecule has 0 fully saturated rings. The van der Waals surface area contributed by atoms with Crippen molar-refractivity contribution in [2.45, 2.75) is 26.3 Å². The number of carboxylic acids is 1. The number of carbonyl (C=O) groups is 2. The summed E-state index contributed by atoms with van der Waals surface area (Å²) < 4.78 is 5.14. The van der Waals surface area contributed by atoms with Crippen molar-refractivity contribution in [2.24, 2.45) is 0 Å². The van der Waals surface area contributed by atoms with Crippen LogP contribution in [-0.4, -0.2) is 35.5 Å². The second-order valence-corrected chi connectivity index (χ2v) is 5.72. The topological polar surface area (TPSA) is 66.8 Å². The van der Waals surface area contributed by atoms with Crippen LogP contribution in [0.15, 0.2) is 48.5 Å². The van der Waals surface area contributed by atoms with Gasteiger partial charge >= 0.3 is 5.97 Å². The molecule has 25 heavy (non-hydrogen) atoms. The van der Waals surface area contributed by atoms with Crippen LogP contribution in [0.4, 0.5) is 0 Å². The van der Waals surface area contributed by atoms with Gasteiger partial charge in [0.05, 0.1) is 12.7 Å². The van der Waals surface area contributed by atoms with Crippen LogP contribution in [0.5, 0.6) is 5.75 Å². The summed E-state index contributed by atoms with van der Waals surface area (Å²) in [5.41, 5.74) is 1.97. The van der Waals surface area contributed by atoms with Crippen molar-refractivity contribution in [1.29, 1.82) is 0 Å². The van der Waals surface area contributed by atoms with E-state index >= 15 is 0 Å². The molecule has 0 bridgehead atoms. The van der Waals surface area contributed by atoms with Gasteiger partial charge < -0.3 is 14.7 Å². The summed E-state index contributed by atoms with van der Waals surface area (Å²) in [7, 11) is 1.62. The molecule has 0 aromatic heterocycles. The van der Waals surface area contributed by atoms with E-state index in [1.807, 2.05) is 31.2 Å². The number of hydrogen-bond acceptors (Lipinski definition) is 3. The average molecular weight is 341 g/mol. The molecule has 132 valence electrons. The molecule has 0 saturated heterocycles. The van der Waals surface area contributed by atoms with Crippen molar-refractivity contribution in [1.82, 2.24) is 4.90 Å². The van der Waals surface area contributed by atoms with Crippen molar-refractivity contribution in [3.05, 3.63) is 65.2 Å². The number of hydrogen-bond donors (Lipinski definition) is 1. The molecule has 5 heteroatoms. The van der Waals surface area contributed by atoms with E-state index in [9.17, 15) is 14.7 Å². The average Bonchev–Trinajstić information content (AvgIpc) is 2.64. The molecule has 0 heterocycles. The normalized spacial score (nSPS) is 10.3. The summed E-state index contributed by atoms with van der Waals surface area (Å²) in [5.74, 6) is -0.171. The molecule has 0 aliphatic carbocycles. The van der Waals surface area contributed by atoms with Crippen LogP contribution in [0.25, 0.3) is 0 Å². The minimum Gasteiger partial charge on any atom is -0.497 e. The highest BCUT2D eigenvalue weighted by atomic mass is 16.5. The van der Waals surface area contributed by atoms with Crippen molar-refractivity contribution in [3.8, 4) is 5.75 Å². The number of benzene rings is 2. The van der Waals surface area contributed by atoms with E-state index in [1.165, 1.54) is 0 Å². The molecule has 5 nitrogen and oxygen atoms in total. The van der Waals surface area contributed by atoms with Crippen LogP contribution in [0.2, 0.25) is 0 Å². The number of rotatable bonds is 8. The molecule has 0 spiro atoms. The van der Waals surface area contributed by atoms with E-state index in [0.29, 0.717) is 25.1 Å². The van der Waals surface area contributed by atoms with E-state index in [1.54, 1.807) is 36.3 Å². The van der Waals surface area contributed by atoms with Gasteiger partial charge in [-0.1, -0.05) is 30.3 Å². The smallest absolute Gasteiger partial charge is 0.335 e. The molecule has 2 rings (SSSR count). The Bertz CT molecular complexity index is 725. The number of carboxylic acid groups (broad SMARTS) is 1. The Morgan fingerprint density at radius 3 is 2.36 bits per heavy atom. The van der Waals surface area contributed by atoms with Gasteiger partial charge in [0.1, 0.15) is 5.75 Å². The first-order valence-electron chi connectivity index (χ1n) is 8.27. The first-order chi connectivity index (χ1) is 12.0. The lowest BCUT2D eigenvalue weighted by Crippen LogP contribution is -2.30. The fraction of sp³-hybridized carbons (Fsp3) is 0.300. The van der Waals surface area contributed by atoms with E-state index in [2.05, 4.69) is 0 Å². The zero-order valence-corrected chi connectivity index (χ0v) is 14.6. The maximum atomic E-state index is 12.5. The number of carbonyl (C=O) groups excluding carboxylic acids is 1. The van der Waals surface area contributed by atoms with Crippen LogP contribution < -0.4 is 4.74 Å². The summed E-state index contributed by atoms with van der Waals surface area (Å²) in [6.07, 6.45) is 0.703. The third-order valence-electron chi connectivity index (χ3n) is 4.12. The molecule has 0 aliphatic heterocycles. The first kappa shape index (κ1) is 18.5. The molecule has 2 aromatic rings. The van der Waals surface area contributed by atoms with E-state index in [4.69, 9.17) is 4.74 Å². The zero-order valence-electron chi connectivity index (χ0n) is 14.6. The lowest BCUT2D eigenvalue weighted by Gasteiger charge is -2.21. The van der Waals surface area contributed by atoms with Crippen molar-refractivity contribution in [3.63, 3.8) is 0 Å². The second kappa shape index (κ2) is 8.87. The molecular weight excluding hydrogens is 318 g/mol. The third kappa shape index (κ3) is 5.08.